The summed E-state index contributed by atoms with van der Waals surface area (Å²) in [5.74, 6) is 1.21. The summed E-state index contributed by atoms with van der Waals surface area (Å²) in [7, 11) is 0. The minimum atomic E-state index is -0.290. The Bertz CT molecular complexity index is 657. The number of benzene rings is 1. The van der Waals surface area contributed by atoms with Crippen molar-refractivity contribution in [2.75, 3.05) is 0 Å². The first-order valence-electron chi connectivity index (χ1n) is 6.15. The lowest BCUT2D eigenvalue weighted by molar-refractivity contribution is 0.0955. The summed E-state index contributed by atoms with van der Waals surface area (Å²) in [5, 5.41) is 4.64. The van der Waals surface area contributed by atoms with E-state index in [1.807, 2.05) is 19.9 Å². The lowest BCUT2D eigenvalue weighted by Gasteiger charge is -2.02. The van der Waals surface area contributed by atoms with Crippen molar-refractivity contribution in [3.05, 3.63) is 58.0 Å². The molecule has 0 bridgehead atoms. The maximum atomic E-state index is 11.9. The van der Waals surface area contributed by atoms with Crippen molar-refractivity contribution < 1.29 is 9.21 Å². The molecule has 1 aromatic carbocycles. The van der Waals surface area contributed by atoms with Crippen LogP contribution >= 0.6 is 11.6 Å². The highest BCUT2D eigenvalue weighted by molar-refractivity contribution is 6.30. The van der Waals surface area contributed by atoms with Crippen molar-refractivity contribution in [2.45, 2.75) is 20.8 Å². The average Bonchev–Trinajstić information content (AvgIpc) is 2.75. The Labute approximate surface area is 122 Å². The van der Waals surface area contributed by atoms with Crippen LogP contribution in [0.2, 0.25) is 5.02 Å². The number of hydrogen-bond donors (Lipinski definition) is 1. The Balaban J connectivity index is 2.10. The number of nitrogens with zero attached hydrogens (tertiary/aromatic N) is 1. The van der Waals surface area contributed by atoms with Gasteiger partial charge in [-0.2, -0.15) is 5.10 Å². The molecule has 1 N–H and O–H groups in total. The maximum absolute atomic E-state index is 11.9. The van der Waals surface area contributed by atoms with Crippen molar-refractivity contribution in [1.29, 1.82) is 0 Å². The second kappa shape index (κ2) is 5.92. The number of rotatable bonds is 3. The molecule has 20 heavy (non-hydrogen) atoms. The molecule has 1 heterocycles. The molecule has 1 amide bonds. The van der Waals surface area contributed by atoms with Crippen LogP contribution in [0.5, 0.6) is 0 Å². The maximum Gasteiger partial charge on any atom is 0.271 e. The van der Waals surface area contributed by atoms with Crippen LogP contribution in [0.3, 0.4) is 0 Å². The zero-order valence-corrected chi connectivity index (χ0v) is 12.3. The van der Waals surface area contributed by atoms with E-state index in [-0.39, 0.29) is 5.91 Å². The number of hydrogen-bond acceptors (Lipinski definition) is 3. The van der Waals surface area contributed by atoms with Gasteiger partial charge in [-0.05, 0) is 56.7 Å². The van der Waals surface area contributed by atoms with Crippen molar-refractivity contribution >= 4 is 23.2 Å². The van der Waals surface area contributed by atoms with E-state index in [1.165, 1.54) is 0 Å². The third-order valence-corrected chi connectivity index (χ3v) is 3.05. The molecule has 0 aliphatic rings. The minimum absolute atomic E-state index is 0.290. The number of carbonyl (C=O) groups is 1. The van der Waals surface area contributed by atoms with Crippen LogP contribution in [0.15, 0.2) is 39.9 Å². The van der Waals surface area contributed by atoms with Gasteiger partial charge >= 0.3 is 0 Å². The lowest BCUT2D eigenvalue weighted by Crippen LogP contribution is -2.19. The number of nitrogens with one attached hydrogen (secondary N) is 1. The third kappa shape index (κ3) is 3.27. The number of halogens is 1. The van der Waals surface area contributed by atoms with Crippen molar-refractivity contribution in [3.8, 4) is 0 Å². The summed E-state index contributed by atoms with van der Waals surface area (Å²) >= 11 is 5.77. The SMILES string of the molecule is CC(=NNC(=O)c1ccc(Cl)cc1)c1oc(C)cc1C. The summed E-state index contributed by atoms with van der Waals surface area (Å²) in [5.41, 5.74) is 4.61. The van der Waals surface area contributed by atoms with Gasteiger partial charge in [0.1, 0.15) is 11.5 Å². The summed E-state index contributed by atoms with van der Waals surface area (Å²) < 4.78 is 5.53. The van der Waals surface area contributed by atoms with Crippen molar-refractivity contribution in [3.63, 3.8) is 0 Å². The molecule has 0 atom stereocenters. The van der Waals surface area contributed by atoms with E-state index in [9.17, 15) is 4.79 Å². The molecule has 4 nitrogen and oxygen atoms in total. The van der Waals surface area contributed by atoms with E-state index in [2.05, 4.69) is 10.5 Å². The number of carbonyl (C=O) groups excluding carboxylic acids is 1. The van der Waals surface area contributed by atoms with Gasteiger partial charge in [0.15, 0.2) is 5.76 Å². The molecule has 2 rings (SSSR count). The Kier molecular flexibility index (Phi) is 4.25. The fourth-order valence-corrected chi connectivity index (χ4v) is 1.98. The second-order valence-corrected chi connectivity index (χ2v) is 4.95. The van der Waals surface area contributed by atoms with E-state index in [0.717, 1.165) is 11.3 Å². The highest BCUT2D eigenvalue weighted by Gasteiger charge is 2.09. The molecule has 2 aromatic rings. The van der Waals surface area contributed by atoms with Crippen molar-refractivity contribution in [1.82, 2.24) is 5.43 Å². The molecular weight excluding hydrogens is 276 g/mol. The Morgan fingerprint density at radius 3 is 2.45 bits per heavy atom. The van der Waals surface area contributed by atoms with E-state index in [1.54, 1.807) is 31.2 Å². The van der Waals surface area contributed by atoms with Crippen LogP contribution < -0.4 is 5.43 Å². The molecule has 104 valence electrons. The summed E-state index contributed by atoms with van der Waals surface area (Å²) in [6.45, 7) is 5.59. The first kappa shape index (κ1) is 14.3. The van der Waals surface area contributed by atoms with Crippen LogP contribution in [0.25, 0.3) is 0 Å². The molecule has 0 spiro atoms. The Morgan fingerprint density at radius 2 is 1.90 bits per heavy atom. The largest absolute Gasteiger partial charge is 0.460 e. The van der Waals surface area contributed by atoms with Crippen LogP contribution in [-0.4, -0.2) is 11.6 Å². The molecule has 0 unspecified atom stereocenters. The minimum Gasteiger partial charge on any atom is -0.460 e. The van der Waals surface area contributed by atoms with Gasteiger partial charge in [0, 0.05) is 10.6 Å². The third-order valence-electron chi connectivity index (χ3n) is 2.80. The fourth-order valence-electron chi connectivity index (χ4n) is 1.85. The van der Waals surface area contributed by atoms with Gasteiger partial charge in [0.25, 0.3) is 5.91 Å². The van der Waals surface area contributed by atoms with E-state index >= 15 is 0 Å². The van der Waals surface area contributed by atoms with E-state index < -0.39 is 0 Å². The normalized spacial score (nSPS) is 11.5. The summed E-state index contributed by atoms with van der Waals surface area (Å²) in [4.78, 5) is 11.9. The van der Waals surface area contributed by atoms with E-state index in [0.29, 0.717) is 22.1 Å². The van der Waals surface area contributed by atoms with Crippen molar-refractivity contribution in [2.24, 2.45) is 5.10 Å². The number of furan rings is 1. The zero-order chi connectivity index (χ0) is 14.7. The van der Waals surface area contributed by atoms with Gasteiger partial charge in [-0.25, -0.2) is 5.43 Å². The molecule has 1 aromatic heterocycles. The van der Waals surface area contributed by atoms with Crippen LogP contribution in [0.4, 0.5) is 0 Å². The molecular formula is C15H15ClN2O2. The summed E-state index contributed by atoms with van der Waals surface area (Å²) in [6.07, 6.45) is 0. The highest BCUT2D eigenvalue weighted by Crippen LogP contribution is 2.14. The molecule has 0 fully saturated rings. The molecule has 0 aliphatic carbocycles. The molecule has 0 radical (unpaired) electrons. The number of amides is 1. The van der Waals surface area contributed by atoms with Gasteiger partial charge in [-0.1, -0.05) is 11.6 Å². The predicted octanol–water partition coefficient (Wildman–Crippen LogP) is 3.70. The van der Waals surface area contributed by atoms with Crippen LogP contribution in [0.1, 0.15) is 34.4 Å². The van der Waals surface area contributed by atoms with Crippen LogP contribution in [-0.2, 0) is 0 Å². The molecule has 0 saturated carbocycles. The predicted molar refractivity (Wildman–Crippen MR) is 79.3 cm³/mol. The van der Waals surface area contributed by atoms with E-state index in [4.69, 9.17) is 16.0 Å². The number of aryl methyl sites for hydroxylation is 2. The molecule has 0 saturated heterocycles. The standard InChI is InChI=1S/C15H15ClN2O2/c1-9-8-10(2)20-14(9)11(3)17-18-15(19)12-4-6-13(16)7-5-12/h4-8H,1-3H3,(H,18,19). The quantitative estimate of drug-likeness (QED) is 0.692. The second-order valence-electron chi connectivity index (χ2n) is 4.51. The molecule has 5 heteroatoms. The fraction of sp³-hybridized carbons (Fsp3) is 0.200. The topological polar surface area (TPSA) is 54.6 Å². The Morgan fingerprint density at radius 1 is 1.25 bits per heavy atom. The van der Waals surface area contributed by atoms with Gasteiger partial charge in [0.05, 0.1) is 0 Å². The van der Waals surface area contributed by atoms with Crippen LogP contribution in [0, 0.1) is 13.8 Å². The van der Waals surface area contributed by atoms with Gasteiger partial charge in [0.2, 0.25) is 0 Å². The zero-order valence-electron chi connectivity index (χ0n) is 11.5. The first-order chi connectivity index (χ1) is 9.47. The van der Waals surface area contributed by atoms with Gasteiger partial charge in [-0.3, -0.25) is 4.79 Å². The lowest BCUT2D eigenvalue weighted by atomic mass is 10.2. The Hall–Kier alpha value is -2.07. The molecule has 0 aliphatic heterocycles. The average molecular weight is 291 g/mol. The number of hydrazone groups is 1. The first-order valence-corrected chi connectivity index (χ1v) is 6.53. The highest BCUT2D eigenvalue weighted by atomic mass is 35.5. The van der Waals surface area contributed by atoms with Gasteiger partial charge in [-0.15, -0.1) is 0 Å². The van der Waals surface area contributed by atoms with Gasteiger partial charge < -0.3 is 4.42 Å². The summed E-state index contributed by atoms with van der Waals surface area (Å²) in [6, 6.07) is 8.53. The smallest absolute Gasteiger partial charge is 0.271 e. The monoisotopic (exact) mass is 290 g/mol.